The second-order valence-corrected chi connectivity index (χ2v) is 7.70. The van der Waals surface area contributed by atoms with Crippen LogP contribution in [0.15, 0.2) is 36.7 Å². The zero-order valence-electron chi connectivity index (χ0n) is 16.4. The minimum atomic E-state index is -0.0659. The number of rotatable bonds is 4. The predicted molar refractivity (Wildman–Crippen MR) is 109 cm³/mol. The first-order chi connectivity index (χ1) is 14.2. The molecule has 0 saturated carbocycles. The molecule has 150 valence electrons. The summed E-state index contributed by atoms with van der Waals surface area (Å²) in [6.07, 6.45) is 5.80. The monoisotopic (exact) mass is 392 g/mol. The number of carbonyl (C=O) groups is 1. The van der Waals surface area contributed by atoms with Gasteiger partial charge in [0.2, 0.25) is 0 Å². The lowest BCUT2D eigenvalue weighted by Crippen LogP contribution is -2.49. The highest BCUT2D eigenvalue weighted by molar-refractivity contribution is 5.94. The van der Waals surface area contributed by atoms with Crippen molar-refractivity contribution in [1.29, 1.82) is 0 Å². The smallest absolute Gasteiger partial charge is 0.289 e. The molecule has 0 radical (unpaired) electrons. The minimum Gasteiger partial charge on any atom is -0.381 e. The highest BCUT2D eigenvalue weighted by atomic mass is 16.5. The minimum absolute atomic E-state index is 0.0659. The first-order valence-corrected chi connectivity index (χ1v) is 10.1. The van der Waals surface area contributed by atoms with E-state index < -0.39 is 0 Å². The van der Waals surface area contributed by atoms with E-state index in [2.05, 4.69) is 24.8 Å². The molecule has 1 amide bonds. The maximum Gasteiger partial charge on any atom is 0.289 e. The van der Waals surface area contributed by atoms with Gasteiger partial charge in [-0.25, -0.2) is 9.97 Å². The molecule has 0 bridgehead atoms. The van der Waals surface area contributed by atoms with Gasteiger partial charge < -0.3 is 19.5 Å². The SMILES string of the molecule is COC1CCN(c2nccnc2C2CN(C(=O)c3nc4ccccc4[nH]3)C2)CC1. The summed E-state index contributed by atoms with van der Waals surface area (Å²) >= 11 is 0. The van der Waals surface area contributed by atoms with Crippen molar-refractivity contribution in [3.05, 3.63) is 48.2 Å². The number of likely N-dealkylation sites (tertiary alicyclic amines) is 1. The maximum atomic E-state index is 12.8. The molecular formula is C21H24N6O2. The number of nitrogens with zero attached hydrogens (tertiary/aromatic N) is 5. The van der Waals surface area contributed by atoms with Crippen LogP contribution in [-0.4, -0.2) is 70.1 Å². The number of aromatic nitrogens is 4. The van der Waals surface area contributed by atoms with Gasteiger partial charge in [-0.3, -0.25) is 9.78 Å². The number of fused-ring (bicyclic) bond motifs is 1. The van der Waals surface area contributed by atoms with E-state index in [1.807, 2.05) is 29.2 Å². The van der Waals surface area contributed by atoms with Gasteiger partial charge in [0.05, 0.1) is 22.8 Å². The number of hydrogen-bond donors (Lipinski definition) is 1. The summed E-state index contributed by atoms with van der Waals surface area (Å²) in [4.78, 5) is 33.7. The zero-order valence-corrected chi connectivity index (χ0v) is 16.4. The molecule has 2 fully saturated rings. The first-order valence-electron chi connectivity index (χ1n) is 10.1. The summed E-state index contributed by atoms with van der Waals surface area (Å²) in [5, 5.41) is 0. The number of para-hydroxylation sites is 2. The third-order valence-corrected chi connectivity index (χ3v) is 5.93. The second-order valence-electron chi connectivity index (χ2n) is 7.70. The van der Waals surface area contributed by atoms with E-state index in [-0.39, 0.29) is 11.8 Å². The maximum absolute atomic E-state index is 12.8. The molecule has 2 aromatic heterocycles. The molecule has 8 nitrogen and oxygen atoms in total. The molecule has 3 aromatic rings. The highest BCUT2D eigenvalue weighted by Gasteiger charge is 2.37. The number of anilines is 1. The second kappa shape index (κ2) is 7.44. The number of aromatic amines is 1. The van der Waals surface area contributed by atoms with Crippen molar-refractivity contribution in [1.82, 2.24) is 24.8 Å². The number of benzene rings is 1. The van der Waals surface area contributed by atoms with Gasteiger partial charge in [-0.15, -0.1) is 0 Å². The van der Waals surface area contributed by atoms with Crippen molar-refractivity contribution in [2.75, 3.05) is 38.2 Å². The van der Waals surface area contributed by atoms with Crippen LogP contribution in [0.1, 0.15) is 35.1 Å². The van der Waals surface area contributed by atoms with E-state index >= 15 is 0 Å². The lowest BCUT2D eigenvalue weighted by molar-refractivity contribution is 0.0586. The normalized spacial score (nSPS) is 18.2. The molecule has 5 rings (SSSR count). The molecule has 8 heteroatoms. The zero-order chi connectivity index (χ0) is 19.8. The fourth-order valence-corrected chi connectivity index (χ4v) is 4.20. The van der Waals surface area contributed by atoms with Crippen molar-refractivity contribution in [2.24, 2.45) is 0 Å². The third-order valence-electron chi connectivity index (χ3n) is 5.93. The molecule has 2 aliphatic heterocycles. The fourth-order valence-electron chi connectivity index (χ4n) is 4.20. The number of H-pyrrole nitrogens is 1. The van der Waals surface area contributed by atoms with E-state index in [1.165, 1.54) is 0 Å². The molecule has 2 aliphatic rings. The number of hydrogen-bond acceptors (Lipinski definition) is 6. The van der Waals surface area contributed by atoms with E-state index in [0.717, 1.165) is 48.5 Å². The van der Waals surface area contributed by atoms with Crippen LogP contribution >= 0.6 is 0 Å². The third kappa shape index (κ3) is 3.33. The number of methoxy groups -OCH3 is 1. The van der Waals surface area contributed by atoms with Gasteiger partial charge in [-0.1, -0.05) is 12.1 Å². The largest absolute Gasteiger partial charge is 0.381 e. The summed E-state index contributed by atoms with van der Waals surface area (Å²) in [5.74, 6) is 1.48. The molecule has 1 N–H and O–H groups in total. The van der Waals surface area contributed by atoms with Gasteiger partial charge in [0.15, 0.2) is 11.6 Å². The van der Waals surface area contributed by atoms with Crippen LogP contribution in [-0.2, 0) is 4.74 Å². The Morgan fingerprint density at radius 2 is 1.90 bits per heavy atom. The van der Waals surface area contributed by atoms with Crippen LogP contribution in [0.25, 0.3) is 11.0 Å². The molecule has 4 heterocycles. The van der Waals surface area contributed by atoms with E-state index in [0.29, 0.717) is 25.0 Å². The molecular weight excluding hydrogens is 368 g/mol. The number of ether oxygens (including phenoxy) is 1. The van der Waals surface area contributed by atoms with Crippen LogP contribution in [0.3, 0.4) is 0 Å². The topological polar surface area (TPSA) is 87.2 Å². The van der Waals surface area contributed by atoms with Crippen molar-refractivity contribution in [3.63, 3.8) is 0 Å². The number of nitrogens with one attached hydrogen (secondary N) is 1. The van der Waals surface area contributed by atoms with Gasteiger partial charge in [-0.2, -0.15) is 0 Å². The Morgan fingerprint density at radius 1 is 1.14 bits per heavy atom. The van der Waals surface area contributed by atoms with E-state index in [9.17, 15) is 4.79 Å². The molecule has 0 atom stereocenters. The van der Waals surface area contributed by atoms with Gasteiger partial charge in [0.25, 0.3) is 5.91 Å². The molecule has 0 aliphatic carbocycles. The van der Waals surface area contributed by atoms with Gasteiger partial charge in [-0.05, 0) is 25.0 Å². The van der Waals surface area contributed by atoms with Crippen molar-refractivity contribution >= 4 is 22.8 Å². The van der Waals surface area contributed by atoms with Crippen LogP contribution in [0.2, 0.25) is 0 Å². The number of amides is 1. The Balaban J connectivity index is 1.28. The van der Waals surface area contributed by atoms with Crippen LogP contribution < -0.4 is 4.90 Å². The van der Waals surface area contributed by atoms with Crippen LogP contribution in [0.5, 0.6) is 0 Å². The van der Waals surface area contributed by atoms with Crippen molar-refractivity contribution < 1.29 is 9.53 Å². The first kappa shape index (κ1) is 18.1. The van der Waals surface area contributed by atoms with E-state index in [1.54, 1.807) is 19.5 Å². The highest BCUT2D eigenvalue weighted by Crippen LogP contribution is 2.33. The summed E-state index contributed by atoms with van der Waals surface area (Å²) in [6, 6.07) is 7.68. The fraction of sp³-hybridized carbons (Fsp3) is 0.429. The predicted octanol–water partition coefficient (Wildman–Crippen LogP) is 2.21. The average molecular weight is 392 g/mol. The lowest BCUT2D eigenvalue weighted by Gasteiger charge is -2.40. The molecule has 1 aromatic carbocycles. The standard InChI is InChI=1S/C21H24N6O2/c1-29-15-6-10-26(11-7-15)20-18(22-8-9-23-20)14-12-27(13-14)21(28)19-24-16-4-2-3-5-17(16)25-19/h2-5,8-9,14-15H,6-7,10-13H2,1H3,(H,24,25). The van der Waals surface area contributed by atoms with E-state index in [4.69, 9.17) is 4.74 Å². The van der Waals surface area contributed by atoms with Gasteiger partial charge in [0.1, 0.15) is 0 Å². The van der Waals surface area contributed by atoms with Crippen molar-refractivity contribution in [3.8, 4) is 0 Å². The number of piperidine rings is 1. The number of carbonyl (C=O) groups excluding carboxylic acids is 1. The Kier molecular flexibility index (Phi) is 4.63. The summed E-state index contributed by atoms with van der Waals surface area (Å²) in [5.41, 5.74) is 2.67. The summed E-state index contributed by atoms with van der Waals surface area (Å²) < 4.78 is 5.47. The Bertz CT molecular complexity index is 988. The van der Waals surface area contributed by atoms with Gasteiger partial charge in [0, 0.05) is 51.6 Å². The summed E-state index contributed by atoms with van der Waals surface area (Å²) in [7, 11) is 1.77. The molecule has 2 saturated heterocycles. The Labute approximate surface area is 168 Å². The van der Waals surface area contributed by atoms with Crippen LogP contribution in [0.4, 0.5) is 5.82 Å². The van der Waals surface area contributed by atoms with Crippen molar-refractivity contribution in [2.45, 2.75) is 24.9 Å². The van der Waals surface area contributed by atoms with Gasteiger partial charge >= 0.3 is 0 Å². The average Bonchev–Trinajstić information content (AvgIpc) is 3.17. The Morgan fingerprint density at radius 3 is 2.66 bits per heavy atom. The number of imidazole rings is 1. The lowest BCUT2D eigenvalue weighted by atomic mass is 9.94. The molecule has 29 heavy (non-hydrogen) atoms. The molecule has 0 spiro atoms. The summed E-state index contributed by atoms with van der Waals surface area (Å²) in [6.45, 7) is 3.10. The Hall–Kier alpha value is -3.00. The quantitative estimate of drug-likeness (QED) is 0.733. The van der Waals surface area contributed by atoms with Crippen LogP contribution in [0, 0.1) is 0 Å². The molecule has 0 unspecified atom stereocenters.